The van der Waals surface area contributed by atoms with Crippen LogP contribution in [0.3, 0.4) is 0 Å². The average molecular weight is 347 g/mol. The van der Waals surface area contributed by atoms with Crippen LogP contribution < -0.4 is 4.74 Å². The van der Waals surface area contributed by atoms with Crippen LogP contribution in [0.4, 0.5) is 5.69 Å². The SMILES string of the molecule is Cc1nc(Cl)c2cc3c(cc2n1)OC(C)(C)C(N1CCOCC1)=N3. The van der Waals surface area contributed by atoms with E-state index in [-0.39, 0.29) is 0 Å². The van der Waals surface area contributed by atoms with Gasteiger partial charge in [0.1, 0.15) is 28.3 Å². The van der Waals surface area contributed by atoms with Gasteiger partial charge >= 0.3 is 0 Å². The highest BCUT2D eigenvalue weighted by atomic mass is 35.5. The number of aryl methyl sites for hydroxylation is 1. The van der Waals surface area contributed by atoms with Crippen LogP contribution in [-0.2, 0) is 4.74 Å². The summed E-state index contributed by atoms with van der Waals surface area (Å²) in [6.07, 6.45) is 0. The van der Waals surface area contributed by atoms with Gasteiger partial charge in [-0.1, -0.05) is 11.6 Å². The van der Waals surface area contributed by atoms with Gasteiger partial charge in [-0.15, -0.1) is 0 Å². The number of fused-ring (bicyclic) bond motifs is 2. The normalized spacial score (nSPS) is 19.7. The van der Waals surface area contributed by atoms with E-state index in [9.17, 15) is 0 Å². The zero-order valence-corrected chi connectivity index (χ0v) is 14.7. The molecule has 0 atom stereocenters. The lowest BCUT2D eigenvalue weighted by atomic mass is 10.0. The van der Waals surface area contributed by atoms with Gasteiger partial charge in [-0.05, 0) is 26.8 Å². The first-order valence-electron chi connectivity index (χ1n) is 8.03. The first-order chi connectivity index (χ1) is 11.4. The lowest BCUT2D eigenvalue weighted by Crippen LogP contribution is -2.53. The zero-order valence-electron chi connectivity index (χ0n) is 14.0. The number of hydrogen-bond acceptors (Lipinski definition) is 6. The molecule has 1 aromatic carbocycles. The molecule has 7 heteroatoms. The molecule has 6 nitrogen and oxygen atoms in total. The summed E-state index contributed by atoms with van der Waals surface area (Å²) in [5.74, 6) is 2.28. The van der Waals surface area contributed by atoms with E-state index in [2.05, 4.69) is 14.9 Å². The van der Waals surface area contributed by atoms with Gasteiger partial charge in [0.25, 0.3) is 0 Å². The maximum atomic E-state index is 6.28. The molecule has 1 aromatic heterocycles. The minimum Gasteiger partial charge on any atom is -0.478 e. The quantitative estimate of drug-likeness (QED) is 0.686. The summed E-state index contributed by atoms with van der Waals surface area (Å²) in [5.41, 5.74) is 1.02. The molecule has 126 valence electrons. The number of aromatic nitrogens is 2. The Balaban J connectivity index is 1.85. The predicted molar refractivity (Wildman–Crippen MR) is 93.5 cm³/mol. The van der Waals surface area contributed by atoms with Gasteiger partial charge < -0.3 is 14.4 Å². The number of rotatable bonds is 0. The molecule has 4 rings (SSSR count). The second-order valence-electron chi connectivity index (χ2n) is 6.55. The van der Waals surface area contributed by atoms with Crippen molar-refractivity contribution < 1.29 is 9.47 Å². The standard InChI is InChI=1S/C17H19ClN4O2/c1-10-19-12-9-14-13(8-11(12)15(18)20-10)21-16(17(2,3)24-14)22-4-6-23-7-5-22/h8-9H,4-7H2,1-3H3. The molecule has 0 aliphatic carbocycles. The van der Waals surface area contributed by atoms with Crippen LogP contribution >= 0.6 is 11.6 Å². The minimum absolute atomic E-state index is 0.438. The molecule has 1 saturated heterocycles. The molecule has 2 aromatic rings. The third kappa shape index (κ3) is 2.59. The van der Waals surface area contributed by atoms with E-state index in [0.29, 0.717) is 24.2 Å². The van der Waals surface area contributed by atoms with Crippen LogP contribution in [0.5, 0.6) is 5.75 Å². The smallest absolute Gasteiger partial charge is 0.160 e. The van der Waals surface area contributed by atoms with Crippen molar-refractivity contribution >= 4 is 34.0 Å². The van der Waals surface area contributed by atoms with E-state index >= 15 is 0 Å². The fourth-order valence-electron chi connectivity index (χ4n) is 3.18. The Morgan fingerprint density at radius 3 is 2.67 bits per heavy atom. The highest BCUT2D eigenvalue weighted by molar-refractivity contribution is 6.34. The maximum Gasteiger partial charge on any atom is 0.160 e. The van der Waals surface area contributed by atoms with Crippen LogP contribution in [-0.4, -0.2) is 52.6 Å². The first kappa shape index (κ1) is 15.6. The van der Waals surface area contributed by atoms with Gasteiger partial charge in [0, 0.05) is 24.5 Å². The number of halogens is 1. The number of morpholine rings is 1. The van der Waals surface area contributed by atoms with Crippen molar-refractivity contribution in [1.29, 1.82) is 0 Å². The maximum absolute atomic E-state index is 6.28. The van der Waals surface area contributed by atoms with Gasteiger partial charge in [0.05, 0.1) is 18.7 Å². The number of nitrogens with zero attached hydrogens (tertiary/aromatic N) is 4. The third-order valence-corrected chi connectivity index (χ3v) is 4.57. The van der Waals surface area contributed by atoms with Crippen LogP contribution in [0.1, 0.15) is 19.7 Å². The lowest BCUT2D eigenvalue weighted by Gasteiger charge is -2.40. The van der Waals surface area contributed by atoms with E-state index in [1.165, 1.54) is 0 Å². The van der Waals surface area contributed by atoms with Crippen molar-refractivity contribution in [3.05, 3.63) is 23.1 Å². The van der Waals surface area contributed by atoms with Crippen LogP contribution in [0.25, 0.3) is 10.9 Å². The molecule has 0 unspecified atom stereocenters. The van der Waals surface area contributed by atoms with E-state index in [1.54, 1.807) is 0 Å². The molecule has 1 fully saturated rings. The largest absolute Gasteiger partial charge is 0.478 e. The molecular formula is C17H19ClN4O2. The van der Waals surface area contributed by atoms with E-state index in [4.69, 9.17) is 26.1 Å². The van der Waals surface area contributed by atoms with Gasteiger partial charge in [0.15, 0.2) is 5.60 Å². The van der Waals surface area contributed by atoms with Crippen molar-refractivity contribution in [1.82, 2.24) is 14.9 Å². The number of benzene rings is 1. The number of amidine groups is 1. The summed E-state index contributed by atoms with van der Waals surface area (Å²) >= 11 is 6.28. The molecule has 0 bridgehead atoms. The van der Waals surface area contributed by atoms with Crippen LogP contribution in [0, 0.1) is 6.92 Å². The molecule has 3 heterocycles. The highest BCUT2D eigenvalue weighted by Gasteiger charge is 2.36. The highest BCUT2D eigenvalue weighted by Crippen LogP contribution is 2.40. The number of ether oxygens (including phenoxy) is 2. The summed E-state index contributed by atoms with van der Waals surface area (Å²) in [5, 5.41) is 1.22. The Kier molecular flexibility index (Phi) is 3.62. The number of aliphatic imine (C=N–C) groups is 1. The second kappa shape index (κ2) is 5.57. The Hall–Kier alpha value is -1.92. The Labute approximate surface area is 145 Å². The fourth-order valence-corrected chi connectivity index (χ4v) is 3.46. The van der Waals surface area contributed by atoms with Crippen LogP contribution in [0.2, 0.25) is 5.15 Å². The Morgan fingerprint density at radius 2 is 1.92 bits per heavy atom. The summed E-state index contributed by atoms with van der Waals surface area (Å²) in [6, 6.07) is 3.80. The summed E-state index contributed by atoms with van der Waals surface area (Å²) in [4.78, 5) is 15.8. The summed E-state index contributed by atoms with van der Waals surface area (Å²) in [6.45, 7) is 8.94. The molecule has 2 aliphatic rings. The Morgan fingerprint density at radius 1 is 1.17 bits per heavy atom. The molecule has 0 radical (unpaired) electrons. The lowest BCUT2D eigenvalue weighted by molar-refractivity contribution is 0.0570. The van der Waals surface area contributed by atoms with Gasteiger partial charge in [0.2, 0.25) is 0 Å². The zero-order chi connectivity index (χ0) is 16.9. The molecule has 24 heavy (non-hydrogen) atoms. The average Bonchev–Trinajstić information content (AvgIpc) is 2.53. The van der Waals surface area contributed by atoms with Crippen molar-refractivity contribution in [2.45, 2.75) is 26.4 Å². The molecular weight excluding hydrogens is 328 g/mol. The number of hydrogen-bond donors (Lipinski definition) is 0. The van der Waals surface area contributed by atoms with Gasteiger partial charge in [-0.25, -0.2) is 15.0 Å². The molecule has 0 spiro atoms. The topological polar surface area (TPSA) is 59.8 Å². The van der Waals surface area contributed by atoms with Crippen molar-refractivity contribution in [3.63, 3.8) is 0 Å². The first-order valence-corrected chi connectivity index (χ1v) is 8.40. The van der Waals surface area contributed by atoms with Crippen LogP contribution in [0.15, 0.2) is 17.1 Å². The third-order valence-electron chi connectivity index (χ3n) is 4.28. The molecule has 0 N–H and O–H groups in total. The molecule has 0 amide bonds. The van der Waals surface area contributed by atoms with E-state index in [0.717, 1.165) is 41.3 Å². The molecule has 0 saturated carbocycles. The minimum atomic E-state index is -0.510. The second-order valence-corrected chi connectivity index (χ2v) is 6.90. The fraction of sp³-hybridized carbons (Fsp3) is 0.471. The van der Waals surface area contributed by atoms with Crippen molar-refractivity contribution in [3.8, 4) is 5.75 Å². The summed E-state index contributed by atoms with van der Waals surface area (Å²) < 4.78 is 11.7. The van der Waals surface area contributed by atoms with Gasteiger partial charge in [-0.2, -0.15) is 0 Å². The Bertz CT molecular complexity index is 844. The summed E-state index contributed by atoms with van der Waals surface area (Å²) in [7, 11) is 0. The monoisotopic (exact) mass is 346 g/mol. The van der Waals surface area contributed by atoms with Crippen molar-refractivity contribution in [2.75, 3.05) is 26.3 Å². The van der Waals surface area contributed by atoms with E-state index < -0.39 is 5.60 Å². The van der Waals surface area contributed by atoms with Crippen molar-refractivity contribution in [2.24, 2.45) is 4.99 Å². The van der Waals surface area contributed by atoms with E-state index in [1.807, 2.05) is 32.9 Å². The predicted octanol–water partition coefficient (Wildman–Crippen LogP) is 3.12. The molecule has 2 aliphatic heterocycles. The van der Waals surface area contributed by atoms with Gasteiger partial charge in [-0.3, -0.25) is 0 Å².